The molecule has 160 valence electrons. The number of carbonyl (C=O) groups excluding carboxylic acids is 2. The van der Waals surface area contributed by atoms with Crippen LogP contribution in [0.15, 0.2) is 53.0 Å². The highest BCUT2D eigenvalue weighted by Crippen LogP contribution is 2.45. The second-order valence-electron chi connectivity index (χ2n) is 5.92. The summed E-state index contributed by atoms with van der Waals surface area (Å²) in [5.74, 6) is -1.20. The van der Waals surface area contributed by atoms with Gasteiger partial charge in [0.05, 0.1) is 25.8 Å². The highest BCUT2D eigenvalue weighted by atomic mass is 79.9. The molecule has 0 saturated carbocycles. The Labute approximate surface area is 204 Å². The van der Waals surface area contributed by atoms with Crippen LogP contribution >= 0.6 is 62.3 Å². The SMILES string of the molecule is O=C(NC(=O)c1ccccc1F)Nc1c(Cl)cc(Oc2ccc(Cl)cc2Br)c(Cl)c1Cl. The summed E-state index contributed by atoms with van der Waals surface area (Å²) in [6.45, 7) is 0. The van der Waals surface area contributed by atoms with Crippen LogP contribution in [0.4, 0.5) is 14.9 Å². The molecular weight excluding hydrogens is 557 g/mol. The van der Waals surface area contributed by atoms with Gasteiger partial charge in [-0.05, 0) is 46.3 Å². The molecule has 3 aromatic carbocycles. The highest BCUT2D eigenvalue weighted by Gasteiger charge is 2.20. The molecule has 0 spiro atoms. The normalized spacial score (nSPS) is 10.5. The van der Waals surface area contributed by atoms with Gasteiger partial charge in [-0.1, -0.05) is 58.5 Å². The van der Waals surface area contributed by atoms with Crippen molar-refractivity contribution in [3.63, 3.8) is 0 Å². The molecule has 0 aromatic heterocycles. The van der Waals surface area contributed by atoms with Crippen molar-refractivity contribution in [1.29, 1.82) is 0 Å². The Morgan fingerprint density at radius 1 is 0.935 bits per heavy atom. The van der Waals surface area contributed by atoms with Crippen LogP contribution in [0.2, 0.25) is 20.1 Å². The zero-order chi connectivity index (χ0) is 22.7. The fraction of sp³-hybridized carbons (Fsp3) is 0. The van der Waals surface area contributed by atoms with Crippen molar-refractivity contribution in [3.8, 4) is 11.5 Å². The Bertz CT molecular complexity index is 1190. The number of hydrogen-bond donors (Lipinski definition) is 2. The molecule has 0 saturated heterocycles. The maximum absolute atomic E-state index is 13.7. The van der Waals surface area contributed by atoms with Crippen molar-refractivity contribution in [3.05, 3.63) is 84.5 Å². The maximum Gasteiger partial charge on any atom is 0.326 e. The predicted octanol–water partition coefficient (Wildman–Crippen LogP) is 7.96. The van der Waals surface area contributed by atoms with Crippen LogP contribution in [-0.2, 0) is 0 Å². The Morgan fingerprint density at radius 2 is 1.65 bits per heavy atom. The predicted molar refractivity (Wildman–Crippen MR) is 124 cm³/mol. The molecule has 3 amide bonds. The number of nitrogens with one attached hydrogen (secondary N) is 2. The van der Waals surface area contributed by atoms with E-state index in [0.717, 1.165) is 6.07 Å². The molecule has 0 fully saturated rings. The van der Waals surface area contributed by atoms with Crippen LogP contribution in [-0.4, -0.2) is 11.9 Å². The minimum absolute atomic E-state index is 0.0111. The van der Waals surface area contributed by atoms with Crippen LogP contribution in [0.25, 0.3) is 0 Å². The van der Waals surface area contributed by atoms with Gasteiger partial charge in [-0.3, -0.25) is 10.1 Å². The van der Waals surface area contributed by atoms with E-state index in [4.69, 9.17) is 51.1 Å². The van der Waals surface area contributed by atoms with Crippen LogP contribution in [0.3, 0.4) is 0 Å². The van der Waals surface area contributed by atoms with Crippen LogP contribution < -0.4 is 15.4 Å². The molecule has 3 rings (SSSR count). The highest BCUT2D eigenvalue weighted by molar-refractivity contribution is 9.10. The van der Waals surface area contributed by atoms with E-state index in [9.17, 15) is 14.0 Å². The number of anilines is 1. The maximum atomic E-state index is 13.7. The topological polar surface area (TPSA) is 67.4 Å². The number of rotatable bonds is 4. The largest absolute Gasteiger partial charge is 0.454 e. The van der Waals surface area contributed by atoms with Gasteiger partial charge in [-0.15, -0.1) is 0 Å². The Kier molecular flexibility index (Phi) is 7.67. The average molecular weight is 567 g/mol. The third-order valence-electron chi connectivity index (χ3n) is 3.82. The second-order valence-corrected chi connectivity index (χ2v) is 8.38. The molecule has 0 aliphatic carbocycles. The van der Waals surface area contributed by atoms with Gasteiger partial charge in [0.15, 0.2) is 0 Å². The second kappa shape index (κ2) is 10.1. The Balaban J connectivity index is 1.79. The number of halogens is 6. The number of urea groups is 1. The van der Waals surface area contributed by atoms with E-state index >= 15 is 0 Å². The van der Waals surface area contributed by atoms with E-state index in [1.165, 1.54) is 24.3 Å². The molecule has 31 heavy (non-hydrogen) atoms. The van der Waals surface area contributed by atoms with Crippen molar-refractivity contribution >= 4 is 80.0 Å². The Morgan fingerprint density at radius 3 is 2.32 bits per heavy atom. The van der Waals surface area contributed by atoms with E-state index < -0.39 is 17.8 Å². The average Bonchev–Trinajstić information content (AvgIpc) is 2.71. The van der Waals surface area contributed by atoms with Crippen LogP contribution in [0.1, 0.15) is 10.4 Å². The molecule has 0 heterocycles. The first-order chi connectivity index (χ1) is 14.7. The van der Waals surface area contributed by atoms with Gasteiger partial charge in [0, 0.05) is 11.1 Å². The van der Waals surface area contributed by atoms with Crippen molar-refractivity contribution in [2.75, 3.05) is 5.32 Å². The summed E-state index contributed by atoms with van der Waals surface area (Å²) in [7, 11) is 0. The zero-order valence-electron chi connectivity index (χ0n) is 15.1. The molecule has 0 unspecified atom stereocenters. The zero-order valence-corrected chi connectivity index (χ0v) is 19.7. The number of hydrogen-bond acceptors (Lipinski definition) is 3. The summed E-state index contributed by atoms with van der Waals surface area (Å²) in [5.41, 5.74) is -0.361. The molecule has 2 N–H and O–H groups in total. The molecule has 11 heteroatoms. The van der Waals surface area contributed by atoms with Gasteiger partial charge < -0.3 is 10.1 Å². The van der Waals surface area contributed by atoms with E-state index in [1.54, 1.807) is 18.2 Å². The monoisotopic (exact) mass is 564 g/mol. The van der Waals surface area contributed by atoms with E-state index in [2.05, 4.69) is 21.2 Å². The van der Waals surface area contributed by atoms with Crippen molar-refractivity contribution in [2.45, 2.75) is 0 Å². The van der Waals surface area contributed by atoms with Gasteiger partial charge in [-0.2, -0.15) is 0 Å². The minimum Gasteiger partial charge on any atom is -0.454 e. The first kappa shape index (κ1) is 23.6. The number of benzene rings is 3. The van der Waals surface area contributed by atoms with Crippen molar-refractivity contribution in [1.82, 2.24) is 5.32 Å². The van der Waals surface area contributed by atoms with Gasteiger partial charge >= 0.3 is 6.03 Å². The molecular formula is C20H10BrCl4FN2O3. The van der Waals surface area contributed by atoms with Crippen LogP contribution in [0, 0.1) is 5.82 Å². The minimum atomic E-state index is -0.984. The number of amides is 3. The van der Waals surface area contributed by atoms with E-state index in [1.807, 2.05) is 5.32 Å². The first-order valence-electron chi connectivity index (χ1n) is 8.34. The summed E-state index contributed by atoms with van der Waals surface area (Å²) >= 11 is 28.0. The van der Waals surface area contributed by atoms with Crippen LogP contribution in [0.5, 0.6) is 11.5 Å². The summed E-state index contributed by atoms with van der Waals surface area (Å²) in [4.78, 5) is 24.3. The molecule has 0 bridgehead atoms. The van der Waals surface area contributed by atoms with Crippen molar-refractivity contribution in [2.24, 2.45) is 0 Å². The molecule has 3 aromatic rings. The smallest absolute Gasteiger partial charge is 0.326 e. The lowest BCUT2D eigenvalue weighted by atomic mass is 10.2. The van der Waals surface area contributed by atoms with Gasteiger partial charge in [0.2, 0.25) is 0 Å². The number of carbonyl (C=O) groups is 2. The fourth-order valence-electron chi connectivity index (χ4n) is 2.40. The van der Waals surface area contributed by atoms with E-state index in [0.29, 0.717) is 15.2 Å². The Hall–Kier alpha value is -2.03. The molecule has 0 aliphatic heterocycles. The lowest BCUT2D eigenvalue weighted by Crippen LogP contribution is -2.35. The van der Waals surface area contributed by atoms with Gasteiger partial charge in [-0.25, -0.2) is 9.18 Å². The standard InChI is InChI=1S/C20H10BrCl4FN2O3/c21-11-7-9(22)5-6-14(11)31-15-8-12(23)18(17(25)16(15)24)27-20(30)28-19(29)10-3-1-2-4-13(10)26/h1-8H,(H2,27,28,29,30). The summed E-state index contributed by atoms with van der Waals surface area (Å²) in [6.07, 6.45) is 0. The number of imide groups is 1. The van der Waals surface area contributed by atoms with E-state index in [-0.39, 0.29) is 32.1 Å². The van der Waals surface area contributed by atoms with Crippen molar-refractivity contribution < 1.29 is 18.7 Å². The molecule has 0 atom stereocenters. The van der Waals surface area contributed by atoms with Gasteiger partial charge in [0.25, 0.3) is 5.91 Å². The third kappa shape index (κ3) is 5.61. The molecule has 5 nitrogen and oxygen atoms in total. The summed E-state index contributed by atoms with van der Waals surface area (Å²) in [5, 5.41) is 4.64. The third-order valence-corrected chi connectivity index (χ3v) is 5.83. The first-order valence-corrected chi connectivity index (χ1v) is 10.6. The van der Waals surface area contributed by atoms with Gasteiger partial charge in [0.1, 0.15) is 22.3 Å². The lowest BCUT2D eigenvalue weighted by molar-refractivity contribution is 0.0963. The summed E-state index contributed by atoms with van der Waals surface area (Å²) < 4.78 is 20.0. The molecule has 0 aliphatic rings. The quantitative estimate of drug-likeness (QED) is 0.315. The summed E-state index contributed by atoms with van der Waals surface area (Å²) in [6, 6.07) is 10.4. The lowest BCUT2D eigenvalue weighted by Gasteiger charge is -2.15. The fourth-order valence-corrected chi connectivity index (χ4v) is 3.88. The molecule has 0 radical (unpaired) electrons. The number of ether oxygens (including phenoxy) is 1.